The number of hydrogen-bond acceptors (Lipinski definition) is 3. The van der Waals surface area contributed by atoms with Crippen molar-refractivity contribution in [3.8, 4) is 0 Å². The summed E-state index contributed by atoms with van der Waals surface area (Å²) in [7, 11) is 0. The zero-order valence-electron chi connectivity index (χ0n) is 12.7. The lowest BCUT2D eigenvalue weighted by atomic mass is 10.2. The molecule has 0 aliphatic rings. The van der Waals surface area contributed by atoms with Gasteiger partial charge in [0.25, 0.3) is 0 Å². The van der Waals surface area contributed by atoms with Crippen molar-refractivity contribution in [3.05, 3.63) is 29.6 Å². The summed E-state index contributed by atoms with van der Waals surface area (Å²) in [5, 5.41) is 0. The molecule has 0 fully saturated rings. The number of carbonyl (C=O) groups is 1. The molecule has 4 heteroatoms. The molecule has 0 heterocycles. The van der Waals surface area contributed by atoms with Crippen LogP contribution in [0, 0.1) is 5.82 Å². The van der Waals surface area contributed by atoms with Crippen molar-refractivity contribution < 1.29 is 9.18 Å². The Hall–Kier alpha value is -1.42. The van der Waals surface area contributed by atoms with E-state index >= 15 is 0 Å². The lowest BCUT2D eigenvalue weighted by Crippen LogP contribution is -2.30. The smallest absolute Gasteiger partial charge is 0.150 e. The molecule has 0 amide bonds. The molecule has 0 spiro atoms. The summed E-state index contributed by atoms with van der Waals surface area (Å²) in [6, 6.07) is 4.51. The summed E-state index contributed by atoms with van der Waals surface area (Å²) in [5.74, 6) is -0.355. The lowest BCUT2D eigenvalue weighted by molar-refractivity contribution is 0.112. The van der Waals surface area contributed by atoms with Crippen molar-refractivity contribution in [2.24, 2.45) is 0 Å². The summed E-state index contributed by atoms with van der Waals surface area (Å²) < 4.78 is 13.5. The van der Waals surface area contributed by atoms with Crippen LogP contribution in [-0.2, 0) is 0 Å². The lowest BCUT2D eigenvalue weighted by Gasteiger charge is -2.25. The van der Waals surface area contributed by atoms with Gasteiger partial charge in [-0.2, -0.15) is 0 Å². The summed E-state index contributed by atoms with van der Waals surface area (Å²) >= 11 is 0. The third kappa shape index (κ3) is 4.93. The molecule has 0 atom stereocenters. The van der Waals surface area contributed by atoms with E-state index in [0.717, 1.165) is 44.8 Å². The van der Waals surface area contributed by atoms with Gasteiger partial charge in [0.2, 0.25) is 0 Å². The highest BCUT2D eigenvalue weighted by Crippen LogP contribution is 2.18. The normalized spacial score (nSPS) is 10.8. The van der Waals surface area contributed by atoms with Crippen LogP contribution in [0.2, 0.25) is 0 Å². The molecule has 1 aromatic carbocycles. The van der Waals surface area contributed by atoms with Gasteiger partial charge in [0.1, 0.15) is 12.1 Å². The largest absolute Gasteiger partial charge is 0.372 e. The predicted molar refractivity (Wildman–Crippen MR) is 82.1 cm³/mol. The summed E-state index contributed by atoms with van der Waals surface area (Å²) in [6.45, 7) is 11.2. The van der Waals surface area contributed by atoms with Crippen molar-refractivity contribution in [1.29, 1.82) is 0 Å². The highest BCUT2D eigenvalue weighted by Gasteiger charge is 2.08. The SMILES string of the molecule is CCN(CC)CCCN(CC)c1cc(F)cc(C=O)c1. The van der Waals surface area contributed by atoms with Crippen molar-refractivity contribution >= 4 is 12.0 Å². The number of rotatable bonds is 9. The standard InChI is InChI=1S/C16H25FN2O/c1-4-18(5-2)8-7-9-19(6-3)16-11-14(13-20)10-15(17)12-16/h10-13H,4-9H2,1-3H3. The van der Waals surface area contributed by atoms with Crippen molar-refractivity contribution in [3.63, 3.8) is 0 Å². The monoisotopic (exact) mass is 280 g/mol. The zero-order chi connectivity index (χ0) is 15.0. The molecule has 0 aromatic heterocycles. The van der Waals surface area contributed by atoms with Gasteiger partial charge in [-0.25, -0.2) is 4.39 Å². The van der Waals surface area contributed by atoms with E-state index in [1.165, 1.54) is 12.1 Å². The minimum absolute atomic E-state index is 0.355. The molecular formula is C16H25FN2O. The zero-order valence-corrected chi connectivity index (χ0v) is 12.7. The number of anilines is 1. The Kier molecular flexibility index (Phi) is 7.23. The van der Waals surface area contributed by atoms with E-state index in [1.54, 1.807) is 6.07 Å². The molecule has 0 radical (unpaired) electrons. The van der Waals surface area contributed by atoms with E-state index in [2.05, 4.69) is 23.6 Å². The number of benzene rings is 1. The molecule has 0 bridgehead atoms. The molecule has 0 unspecified atom stereocenters. The molecular weight excluding hydrogens is 255 g/mol. The quantitative estimate of drug-likeness (QED) is 0.649. The van der Waals surface area contributed by atoms with Crippen LogP contribution in [0.15, 0.2) is 18.2 Å². The molecule has 0 N–H and O–H groups in total. The first kappa shape index (κ1) is 16.6. The van der Waals surface area contributed by atoms with Gasteiger partial charge in [0.15, 0.2) is 0 Å². The fourth-order valence-corrected chi connectivity index (χ4v) is 2.34. The number of halogens is 1. The first-order chi connectivity index (χ1) is 9.64. The van der Waals surface area contributed by atoms with Gasteiger partial charge in [-0.15, -0.1) is 0 Å². The predicted octanol–water partition coefficient (Wildman–Crippen LogP) is 3.20. The van der Waals surface area contributed by atoms with Crippen molar-refractivity contribution in [2.75, 3.05) is 37.6 Å². The Labute approximate surface area is 121 Å². The maximum atomic E-state index is 13.5. The average Bonchev–Trinajstić information content (AvgIpc) is 2.47. The fourth-order valence-electron chi connectivity index (χ4n) is 2.34. The van der Waals surface area contributed by atoms with Crippen LogP contribution >= 0.6 is 0 Å². The number of hydrogen-bond donors (Lipinski definition) is 0. The number of carbonyl (C=O) groups excluding carboxylic acids is 1. The van der Waals surface area contributed by atoms with E-state index in [9.17, 15) is 9.18 Å². The summed E-state index contributed by atoms with van der Waals surface area (Å²) in [6.07, 6.45) is 1.72. The Morgan fingerprint density at radius 2 is 1.75 bits per heavy atom. The minimum atomic E-state index is -0.355. The topological polar surface area (TPSA) is 23.6 Å². The average molecular weight is 280 g/mol. The van der Waals surface area contributed by atoms with Crippen LogP contribution in [0.25, 0.3) is 0 Å². The van der Waals surface area contributed by atoms with Gasteiger partial charge in [-0.1, -0.05) is 13.8 Å². The van der Waals surface area contributed by atoms with Crippen LogP contribution in [0.4, 0.5) is 10.1 Å². The van der Waals surface area contributed by atoms with Crippen LogP contribution < -0.4 is 4.90 Å². The van der Waals surface area contributed by atoms with Crippen molar-refractivity contribution in [2.45, 2.75) is 27.2 Å². The van der Waals surface area contributed by atoms with Gasteiger partial charge in [0.05, 0.1) is 0 Å². The van der Waals surface area contributed by atoms with Crippen LogP contribution in [-0.4, -0.2) is 43.9 Å². The molecule has 1 rings (SSSR count). The first-order valence-electron chi connectivity index (χ1n) is 7.37. The maximum Gasteiger partial charge on any atom is 0.150 e. The first-order valence-corrected chi connectivity index (χ1v) is 7.37. The fraction of sp³-hybridized carbons (Fsp3) is 0.562. The summed E-state index contributed by atoms with van der Waals surface area (Å²) in [5.41, 5.74) is 1.18. The van der Waals surface area contributed by atoms with Gasteiger partial charge in [-0.05, 0) is 51.2 Å². The van der Waals surface area contributed by atoms with E-state index in [1.807, 2.05) is 6.92 Å². The molecule has 3 nitrogen and oxygen atoms in total. The Balaban J connectivity index is 2.66. The molecule has 20 heavy (non-hydrogen) atoms. The second-order valence-electron chi connectivity index (χ2n) is 4.82. The third-order valence-electron chi connectivity index (χ3n) is 3.58. The van der Waals surface area contributed by atoms with Crippen LogP contribution in [0.5, 0.6) is 0 Å². The molecule has 0 aliphatic carbocycles. The van der Waals surface area contributed by atoms with Gasteiger partial charge in [0, 0.05) is 24.3 Å². The molecule has 0 saturated heterocycles. The minimum Gasteiger partial charge on any atom is -0.372 e. The Morgan fingerprint density at radius 3 is 2.30 bits per heavy atom. The Bertz CT molecular complexity index is 419. The summed E-state index contributed by atoms with van der Waals surface area (Å²) in [4.78, 5) is 15.3. The van der Waals surface area contributed by atoms with E-state index in [-0.39, 0.29) is 5.82 Å². The maximum absolute atomic E-state index is 13.5. The van der Waals surface area contributed by atoms with E-state index < -0.39 is 0 Å². The molecule has 0 saturated carbocycles. The van der Waals surface area contributed by atoms with Crippen molar-refractivity contribution in [1.82, 2.24) is 4.90 Å². The molecule has 1 aromatic rings. The van der Waals surface area contributed by atoms with Gasteiger partial charge < -0.3 is 9.80 Å². The van der Waals surface area contributed by atoms with Crippen LogP contribution in [0.3, 0.4) is 0 Å². The third-order valence-corrected chi connectivity index (χ3v) is 3.58. The molecule has 0 aliphatic heterocycles. The van der Waals surface area contributed by atoms with Crippen LogP contribution in [0.1, 0.15) is 37.6 Å². The van der Waals surface area contributed by atoms with Gasteiger partial charge in [-0.3, -0.25) is 4.79 Å². The second kappa shape index (κ2) is 8.69. The van der Waals surface area contributed by atoms with E-state index in [0.29, 0.717) is 11.8 Å². The number of aldehydes is 1. The molecule has 112 valence electrons. The number of nitrogens with zero attached hydrogens (tertiary/aromatic N) is 2. The Morgan fingerprint density at radius 1 is 1.05 bits per heavy atom. The van der Waals surface area contributed by atoms with E-state index in [4.69, 9.17) is 0 Å². The second-order valence-corrected chi connectivity index (χ2v) is 4.82. The van der Waals surface area contributed by atoms with Gasteiger partial charge >= 0.3 is 0 Å². The highest BCUT2D eigenvalue weighted by atomic mass is 19.1. The highest BCUT2D eigenvalue weighted by molar-refractivity contribution is 5.77.